The number of imide groups is 1. The van der Waals surface area contributed by atoms with Crippen LogP contribution >= 0.6 is 0 Å². The maximum Gasteiger partial charge on any atom is 0.331 e. The Morgan fingerprint density at radius 2 is 1.78 bits per heavy atom. The first-order valence-electron chi connectivity index (χ1n) is 9.69. The lowest BCUT2D eigenvalue weighted by Gasteiger charge is -2.13. The lowest BCUT2D eigenvalue weighted by atomic mass is 10.2. The standard InChI is InChI=1S/C21H25N3O7S/c1-14(2)23-21(27)24-20(26)15(3)31-19(25)11-8-16-6-9-18(10-7-16)32(28,29)22-13-17-5-4-12-30-17/h4-12,14-15,22H,13H2,1-3H3,(H2,23,24,26,27)/b11-8+. The van der Waals surface area contributed by atoms with E-state index < -0.39 is 34.0 Å². The van der Waals surface area contributed by atoms with Gasteiger partial charge in [0, 0.05) is 12.1 Å². The fourth-order valence-electron chi connectivity index (χ4n) is 2.36. The summed E-state index contributed by atoms with van der Waals surface area (Å²) in [4.78, 5) is 35.3. The molecule has 3 amide bonds. The summed E-state index contributed by atoms with van der Waals surface area (Å²) >= 11 is 0. The van der Waals surface area contributed by atoms with E-state index >= 15 is 0 Å². The van der Waals surface area contributed by atoms with Gasteiger partial charge in [-0.05, 0) is 56.7 Å². The van der Waals surface area contributed by atoms with Crippen molar-refractivity contribution < 1.29 is 32.0 Å². The fourth-order valence-corrected chi connectivity index (χ4v) is 3.36. The zero-order valence-corrected chi connectivity index (χ0v) is 18.6. The van der Waals surface area contributed by atoms with Crippen molar-refractivity contribution in [1.29, 1.82) is 0 Å². The third-order valence-electron chi connectivity index (χ3n) is 3.94. The van der Waals surface area contributed by atoms with Crippen LogP contribution in [0.5, 0.6) is 0 Å². The Kier molecular flexibility index (Phi) is 8.73. The van der Waals surface area contributed by atoms with Crippen molar-refractivity contribution in [3.8, 4) is 0 Å². The molecule has 0 bridgehead atoms. The number of urea groups is 1. The summed E-state index contributed by atoms with van der Waals surface area (Å²) in [6, 6.07) is 8.27. The second-order valence-corrected chi connectivity index (χ2v) is 8.77. The molecule has 2 rings (SSSR count). The summed E-state index contributed by atoms with van der Waals surface area (Å²) in [7, 11) is -3.73. The van der Waals surface area contributed by atoms with Gasteiger partial charge in [0.15, 0.2) is 6.10 Å². The van der Waals surface area contributed by atoms with E-state index in [1.165, 1.54) is 43.5 Å². The van der Waals surface area contributed by atoms with E-state index in [2.05, 4.69) is 15.4 Å². The zero-order chi connectivity index (χ0) is 23.7. The largest absolute Gasteiger partial charge is 0.468 e. The molecule has 2 aromatic rings. The van der Waals surface area contributed by atoms with Gasteiger partial charge in [0.05, 0.1) is 17.7 Å². The van der Waals surface area contributed by atoms with Crippen molar-refractivity contribution in [2.45, 2.75) is 44.4 Å². The zero-order valence-electron chi connectivity index (χ0n) is 17.8. The van der Waals surface area contributed by atoms with Gasteiger partial charge in [-0.1, -0.05) is 12.1 Å². The van der Waals surface area contributed by atoms with Crippen LogP contribution in [0, 0.1) is 0 Å². The molecule has 0 radical (unpaired) electrons. The monoisotopic (exact) mass is 463 g/mol. The average Bonchev–Trinajstić information content (AvgIpc) is 3.24. The summed E-state index contributed by atoms with van der Waals surface area (Å²) in [5.74, 6) is -1.08. The molecule has 0 fully saturated rings. The van der Waals surface area contributed by atoms with Gasteiger partial charge < -0.3 is 14.5 Å². The Bertz CT molecular complexity index is 1060. The van der Waals surface area contributed by atoms with Gasteiger partial charge in [0.1, 0.15) is 5.76 Å². The summed E-state index contributed by atoms with van der Waals surface area (Å²) in [5.41, 5.74) is 0.542. The molecule has 0 saturated carbocycles. The maximum absolute atomic E-state index is 12.3. The van der Waals surface area contributed by atoms with Crippen molar-refractivity contribution in [3.63, 3.8) is 0 Å². The molecule has 0 aliphatic heterocycles. The predicted octanol–water partition coefficient (Wildman–Crippen LogP) is 1.94. The van der Waals surface area contributed by atoms with E-state index in [0.29, 0.717) is 11.3 Å². The second-order valence-electron chi connectivity index (χ2n) is 7.00. The Morgan fingerprint density at radius 1 is 1.09 bits per heavy atom. The number of esters is 1. The number of benzene rings is 1. The first-order valence-corrected chi connectivity index (χ1v) is 11.2. The van der Waals surface area contributed by atoms with Crippen LogP contribution in [-0.2, 0) is 30.9 Å². The van der Waals surface area contributed by atoms with Crippen LogP contribution in [-0.4, -0.2) is 38.5 Å². The van der Waals surface area contributed by atoms with Gasteiger partial charge in [-0.2, -0.15) is 0 Å². The Morgan fingerprint density at radius 3 is 2.38 bits per heavy atom. The van der Waals surface area contributed by atoms with E-state index in [-0.39, 0.29) is 17.5 Å². The third kappa shape index (κ3) is 8.00. The quantitative estimate of drug-likeness (QED) is 0.381. The summed E-state index contributed by atoms with van der Waals surface area (Å²) in [6.45, 7) is 4.82. The van der Waals surface area contributed by atoms with Crippen LogP contribution in [0.15, 0.2) is 58.1 Å². The SMILES string of the molecule is CC(C)NC(=O)NC(=O)C(C)OC(=O)/C=C/c1ccc(S(=O)(=O)NCc2ccco2)cc1. The molecule has 11 heteroatoms. The number of nitrogens with one attached hydrogen (secondary N) is 3. The van der Waals surface area contributed by atoms with Crippen LogP contribution in [0.25, 0.3) is 6.08 Å². The lowest BCUT2D eigenvalue weighted by molar-refractivity contribution is -0.149. The molecule has 32 heavy (non-hydrogen) atoms. The summed E-state index contributed by atoms with van der Waals surface area (Å²) < 4.78 is 37.1. The second kappa shape index (κ2) is 11.3. The van der Waals surface area contributed by atoms with Crippen molar-refractivity contribution in [2.24, 2.45) is 0 Å². The molecule has 1 aromatic carbocycles. The van der Waals surface area contributed by atoms with E-state index in [4.69, 9.17) is 9.15 Å². The van der Waals surface area contributed by atoms with E-state index in [0.717, 1.165) is 6.08 Å². The van der Waals surface area contributed by atoms with Gasteiger partial charge >= 0.3 is 12.0 Å². The van der Waals surface area contributed by atoms with Crippen molar-refractivity contribution in [1.82, 2.24) is 15.4 Å². The molecular formula is C21H25N3O7S. The maximum atomic E-state index is 12.3. The predicted molar refractivity (Wildman–Crippen MR) is 116 cm³/mol. The van der Waals surface area contributed by atoms with Gasteiger partial charge in [0.25, 0.3) is 5.91 Å². The number of amides is 3. The number of hydrogen-bond acceptors (Lipinski definition) is 7. The Labute approximate surface area is 186 Å². The number of carbonyl (C=O) groups is 3. The fraction of sp³-hybridized carbons (Fsp3) is 0.286. The van der Waals surface area contributed by atoms with Crippen LogP contribution in [0.1, 0.15) is 32.1 Å². The molecule has 1 atom stereocenters. The molecular weight excluding hydrogens is 438 g/mol. The van der Waals surface area contributed by atoms with Crippen LogP contribution in [0.2, 0.25) is 0 Å². The van der Waals surface area contributed by atoms with E-state index in [1.807, 2.05) is 0 Å². The molecule has 172 valence electrons. The van der Waals surface area contributed by atoms with Gasteiger partial charge in [-0.15, -0.1) is 0 Å². The number of carbonyl (C=O) groups excluding carboxylic acids is 3. The number of rotatable bonds is 9. The molecule has 1 aromatic heterocycles. The van der Waals surface area contributed by atoms with Crippen molar-refractivity contribution in [2.75, 3.05) is 0 Å². The molecule has 0 aliphatic carbocycles. The van der Waals surface area contributed by atoms with E-state index in [1.54, 1.807) is 26.0 Å². The lowest BCUT2D eigenvalue weighted by Crippen LogP contribution is -2.46. The average molecular weight is 464 g/mol. The van der Waals surface area contributed by atoms with E-state index in [9.17, 15) is 22.8 Å². The number of ether oxygens (including phenoxy) is 1. The minimum absolute atomic E-state index is 0.0215. The number of hydrogen-bond donors (Lipinski definition) is 3. The van der Waals surface area contributed by atoms with Gasteiger partial charge in [-0.25, -0.2) is 22.7 Å². The van der Waals surface area contributed by atoms with Crippen LogP contribution in [0.3, 0.4) is 0 Å². The number of furan rings is 1. The Balaban J connectivity index is 1.88. The first-order chi connectivity index (χ1) is 15.1. The van der Waals surface area contributed by atoms with Crippen LogP contribution < -0.4 is 15.4 Å². The minimum Gasteiger partial charge on any atom is -0.468 e. The molecule has 10 nitrogen and oxygen atoms in total. The molecule has 1 heterocycles. The highest BCUT2D eigenvalue weighted by Gasteiger charge is 2.19. The molecule has 0 aliphatic rings. The molecule has 0 saturated heterocycles. The number of sulfonamides is 1. The smallest absolute Gasteiger partial charge is 0.331 e. The summed E-state index contributed by atoms with van der Waals surface area (Å²) in [6.07, 6.45) is 2.77. The highest BCUT2D eigenvalue weighted by molar-refractivity contribution is 7.89. The normalized spacial score (nSPS) is 12.5. The third-order valence-corrected chi connectivity index (χ3v) is 5.35. The van der Waals surface area contributed by atoms with Gasteiger partial charge in [-0.3, -0.25) is 10.1 Å². The molecule has 1 unspecified atom stereocenters. The highest BCUT2D eigenvalue weighted by Crippen LogP contribution is 2.13. The van der Waals surface area contributed by atoms with Crippen molar-refractivity contribution >= 4 is 34.0 Å². The summed E-state index contributed by atoms with van der Waals surface area (Å²) in [5, 5.41) is 4.55. The molecule has 3 N–H and O–H groups in total. The topological polar surface area (TPSA) is 144 Å². The van der Waals surface area contributed by atoms with Crippen molar-refractivity contribution in [3.05, 3.63) is 60.1 Å². The highest BCUT2D eigenvalue weighted by atomic mass is 32.2. The Hall–Kier alpha value is -3.44. The first kappa shape index (κ1) is 24.8. The minimum atomic E-state index is -3.73. The van der Waals surface area contributed by atoms with Crippen LogP contribution in [0.4, 0.5) is 4.79 Å². The van der Waals surface area contributed by atoms with Gasteiger partial charge in [0.2, 0.25) is 10.0 Å². The molecule has 0 spiro atoms.